The molecule has 1 heterocycles. The van der Waals surface area contributed by atoms with Crippen LogP contribution in [0.2, 0.25) is 0 Å². The third-order valence-electron chi connectivity index (χ3n) is 5.64. The van der Waals surface area contributed by atoms with Crippen LogP contribution in [0.4, 0.5) is 4.79 Å². The van der Waals surface area contributed by atoms with Crippen molar-refractivity contribution in [2.75, 3.05) is 19.8 Å². The summed E-state index contributed by atoms with van der Waals surface area (Å²) >= 11 is 0. The summed E-state index contributed by atoms with van der Waals surface area (Å²) < 4.78 is 10.5. The first-order valence-electron chi connectivity index (χ1n) is 10.4. The van der Waals surface area contributed by atoms with Crippen LogP contribution in [0.3, 0.4) is 0 Å². The summed E-state index contributed by atoms with van der Waals surface area (Å²) in [6, 6.07) is 15.6. The predicted molar refractivity (Wildman–Crippen MR) is 116 cm³/mol. The van der Waals surface area contributed by atoms with Gasteiger partial charge in [0.1, 0.15) is 6.61 Å². The van der Waals surface area contributed by atoms with Crippen LogP contribution in [0.25, 0.3) is 11.1 Å². The molecule has 0 saturated carbocycles. The van der Waals surface area contributed by atoms with Crippen molar-refractivity contribution in [1.82, 2.24) is 10.6 Å². The number of ether oxygens (including phenoxy) is 2. The molecule has 3 N–H and O–H groups in total. The zero-order valence-corrected chi connectivity index (χ0v) is 17.3. The van der Waals surface area contributed by atoms with E-state index in [1.165, 1.54) is 12.2 Å². The van der Waals surface area contributed by atoms with Crippen LogP contribution in [0, 0.1) is 0 Å². The van der Waals surface area contributed by atoms with Gasteiger partial charge in [0, 0.05) is 25.1 Å². The molecule has 32 heavy (non-hydrogen) atoms. The number of amides is 2. The van der Waals surface area contributed by atoms with E-state index in [-0.39, 0.29) is 25.7 Å². The Morgan fingerprint density at radius 1 is 1.06 bits per heavy atom. The number of alkyl carbamates (subject to hydrolysis) is 1. The maximum Gasteiger partial charge on any atom is 0.407 e. The van der Waals surface area contributed by atoms with Gasteiger partial charge in [0.25, 0.3) is 0 Å². The van der Waals surface area contributed by atoms with E-state index in [4.69, 9.17) is 14.6 Å². The Balaban J connectivity index is 1.24. The first-order valence-corrected chi connectivity index (χ1v) is 10.4. The second kappa shape index (κ2) is 9.65. The van der Waals surface area contributed by atoms with Crippen LogP contribution in [0.15, 0.2) is 60.7 Å². The van der Waals surface area contributed by atoms with E-state index in [0.717, 1.165) is 22.3 Å². The first-order chi connectivity index (χ1) is 15.5. The van der Waals surface area contributed by atoms with Crippen LogP contribution < -0.4 is 10.6 Å². The number of rotatable bonds is 7. The Hall–Kier alpha value is -3.65. The average Bonchev–Trinajstić information content (AvgIpc) is 3.38. The predicted octanol–water partition coefficient (Wildman–Crippen LogP) is 2.44. The molecule has 1 fully saturated rings. The lowest BCUT2D eigenvalue weighted by Gasteiger charge is -2.15. The van der Waals surface area contributed by atoms with Crippen molar-refractivity contribution >= 4 is 18.0 Å². The number of carbonyl (C=O) groups is 3. The van der Waals surface area contributed by atoms with Crippen molar-refractivity contribution in [3.63, 3.8) is 0 Å². The molecule has 0 bridgehead atoms. The number of carboxylic acid groups (broad SMARTS) is 1. The summed E-state index contributed by atoms with van der Waals surface area (Å²) in [5.74, 6) is -1.57. The molecule has 1 saturated heterocycles. The second-order valence-electron chi connectivity index (χ2n) is 7.64. The smallest absolute Gasteiger partial charge is 0.407 e. The lowest BCUT2D eigenvalue weighted by atomic mass is 9.98. The minimum Gasteiger partial charge on any atom is -0.479 e. The molecule has 2 amide bonds. The maximum atomic E-state index is 12.1. The van der Waals surface area contributed by atoms with E-state index >= 15 is 0 Å². The molecule has 0 spiro atoms. The third-order valence-corrected chi connectivity index (χ3v) is 5.64. The van der Waals surface area contributed by atoms with Gasteiger partial charge in [-0.1, -0.05) is 54.6 Å². The molecular formula is C24H24N2O6. The molecule has 8 nitrogen and oxygen atoms in total. The van der Waals surface area contributed by atoms with Gasteiger partial charge < -0.3 is 25.2 Å². The fourth-order valence-corrected chi connectivity index (χ4v) is 4.17. The van der Waals surface area contributed by atoms with Crippen LogP contribution in [-0.4, -0.2) is 55.0 Å². The standard InChI is InChI=1S/C24H24N2O6/c27-21(26-20-11-13-31-22(20)23(28)29)10-5-12-25-24(30)32-14-19-17-8-3-1-6-15(17)16-7-2-4-9-18(16)19/h1-10,19-20,22H,11-14H2,(H,25,30)(H,26,27)(H,28,29)/b10-5+. The van der Waals surface area contributed by atoms with E-state index in [0.29, 0.717) is 6.42 Å². The Morgan fingerprint density at radius 2 is 1.72 bits per heavy atom. The van der Waals surface area contributed by atoms with Gasteiger partial charge in [-0.05, 0) is 28.7 Å². The SMILES string of the molecule is O=C(/C=C/CNC(=O)OCC1c2ccccc2-c2ccccc21)NC1CCOC1C(=O)O. The Kier molecular flexibility index (Phi) is 6.51. The van der Waals surface area contributed by atoms with Crippen molar-refractivity contribution in [1.29, 1.82) is 0 Å². The van der Waals surface area contributed by atoms with Crippen LogP contribution in [0.1, 0.15) is 23.5 Å². The number of nitrogens with one attached hydrogen (secondary N) is 2. The quantitative estimate of drug-likeness (QED) is 0.575. The van der Waals surface area contributed by atoms with Gasteiger partial charge >= 0.3 is 12.1 Å². The number of carbonyl (C=O) groups excluding carboxylic acids is 2. The largest absolute Gasteiger partial charge is 0.479 e. The van der Waals surface area contributed by atoms with Gasteiger partial charge in [-0.15, -0.1) is 0 Å². The summed E-state index contributed by atoms with van der Waals surface area (Å²) in [5, 5.41) is 14.2. The first kappa shape index (κ1) is 21.6. The molecular weight excluding hydrogens is 412 g/mol. The van der Waals surface area contributed by atoms with Crippen molar-refractivity contribution < 1.29 is 29.0 Å². The number of hydrogen-bond acceptors (Lipinski definition) is 5. The molecule has 4 rings (SSSR count). The topological polar surface area (TPSA) is 114 Å². The van der Waals surface area contributed by atoms with E-state index in [9.17, 15) is 14.4 Å². The van der Waals surface area contributed by atoms with Crippen LogP contribution in [-0.2, 0) is 19.1 Å². The minimum absolute atomic E-state index is 0.0229. The summed E-state index contributed by atoms with van der Waals surface area (Å²) in [5.41, 5.74) is 4.58. The number of benzene rings is 2. The summed E-state index contributed by atoms with van der Waals surface area (Å²) in [4.78, 5) is 35.1. The monoisotopic (exact) mass is 436 g/mol. The van der Waals surface area contributed by atoms with Crippen LogP contribution >= 0.6 is 0 Å². The van der Waals surface area contributed by atoms with Crippen molar-refractivity contribution in [3.8, 4) is 11.1 Å². The maximum absolute atomic E-state index is 12.1. The highest BCUT2D eigenvalue weighted by Gasteiger charge is 2.34. The van der Waals surface area contributed by atoms with E-state index < -0.39 is 30.1 Å². The minimum atomic E-state index is -1.10. The van der Waals surface area contributed by atoms with E-state index in [1.54, 1.807) is 0 Å². The van der Waals surface area contributed by atoms with Crippen LogP contribution in [0.5, 0.6) is 0 Å². The number of fused-ring (bicyclic) bond motifs is 3. The number of carboxylic acids is 1. The van der Waals surface area contributed by atoms with Crippen molar-refractivity contribution in [3.05, 3.63) is 71.8 Å². The Morgan fingerprint density at radius 3 is 2.38 bits per heavy atom. The number of hydrogen-bond donors (Lipinski definition) is 3. The molecule has 2 atom stereocenters. The molecule has 1 aliphatic carbocycles. The van der Waals surface area contributed by atoms with E-state index in [2.05, 4.69) is 22.8 Å². The molecule has 0 aromatic heterocycles. The molecule has 2 aliphatic rings. The van der Waals surface area contributed by atoms with Gasteiger partial charge in [-0.3, -0.25) is 4.79 Å². The lowest BCUT2D eigenvalue weighted by Crippen LogP contribution is -2.43. The van der Waals surface area contributed by atoms with Gasteiger partial charge in [-0.2, -0.15) is 0 Å². The molecule has 8 heteroatoms. The van der Waals surface area contributed by atoms with Gasteiger partial charge in [0.15, 0.2) is 6.10 Å². The highest BCUT2D eigenvalue weighted by atomic mass is 16.5. The number of aliphatic carboxylic acids is 1. The average molecular weight is 436 g/mol. The highest BCUT2D eigenvalue weighted by molar-refractivity contribution is 5.88. The molecule has 166 valence electrons. The van der Waals surface area contributed by atoms with Gasteiger partial charge in [0.2, 0.25) is 5.91 Å². The normalized spacial score (nSPS) is 19.4. The Bertz CT molecular complexity index is 1000. The summed E-state index contributed by atoms with van der Waals surface area (Å²) in [6.07, 6.45) is 1.55. The lowest BCUT2D eigenvalue weighted by molar-refractivity contribution is -0.148. The van der Waals surface area contributed by atoms with Crippen molar-refractivity contribution in [2.24, 2.45) is 0 Å². The molecule has 1 aliphatic heterocycles. The van der Waals surface area contributed by atoms with Gasteiger partial charge in [0.05, 0.1) is 6.04 Å². The fraction of sp³-hybridized carbons (Fsp3) is 0.292. The van der Waals surface area contributed by atoms with Crippen molar-refractivity contribution in [2.45, 2.75) is 24.5 Å². The summed E-state index contributed by atoms with van der Waals surface area (Å²) in [7, 11) is 0. The van der Waals surface area contributed by atoms with Gasteiger partial charge in [-0.25, -0.2) is 9.59 Å². The second-order valence-corrected chi connectivity index (χ2v) is 7.64. The molecule has 2 aromatic rings. The molecule has 2 aromatic carbocycles. The molecule has 0 radical (unpaired) electrons. The van der Waals surface area contributed by atoms with E-state index in [1.807, 2.05) is 36.4 Å². The summed E-state index contributed by atoms with van der Waals surface area (Å²) in [6.45, 7) is 0.602. The third kappa shape index (κ3) is 4.65. The zero-order valence-electron chi connectivity index (χ0n) is 17.3. The fourth-order valence-electron chi connectivity index (χ4n) is 4.17. The highest BCUT2D eigenvalue weighted by Crippen LogP contribution is 2.44. The Labute approximate surface area is 185 Å². The molecule has 2 unspecified atom stereocenters. The zero-order chi connectivity index (χ0) is 22.5.